The highest BCUT2D eigenvalue weighted by Crippen LogP contribution is 2.28. The molecule has 0 amide bonds. The van der Waals surface area contributed by atoms with E-state index in [0.29, 0.717) is 17.4 Å². The van der Waals surface area contributed by atoms with Gasteiger partial charge in [-0.2, -0.15) is 4.98 Å². The van der Waals surface area contributed by atoms with Crippen molar-refractivity contribution < 1.29 is 9.47 Å². The summed E-state index contributed by atoms with van der Waals surface area (Å²) in [5, 5.41) is 0. The molecule has 1 heterocycles. The second kappa shape index (κ2) is 6.04. The number of pyridine rings is 1. The van der Waals surface area contributed by atoms with E-state index in [0.717, 1.165) is 5.56 Å². The number of benzene rings is 1. The summed E-state index contributed by atoms with van der Waals surface area (Å²) in [6, 6.07) is 13.5. The van der Waals surface area contributed by atoms with E-state index in [1.165, 1.54) is 0 Å². The Morgan fingerprint density at radius 1 is 1.05 bits per heavy atom. The number of nitrogens with two attached hydrogens (primary N) is 1. The Hall–Kier alpha value is -2.23. The van der Waals surface area contributed by atoms with E-state index in [1.807, 2.05) is 58.0 Å². The average Bonchev–Trinajstić information content (AvgIpc) is 2.42. The third-order valence-corrected chi connectivity index (χ3v) is 2.83. The fourth-order valence-electron chi connectivity index (χ4n) is 1.84. The zero-order valence-electron chi connectivity index (χ0n) is 13.0. The molecule has 0 spiro atoms. The minimum absolute atomic E-state index is 0.0928. The van der Waals surface area contributed by atoms with Gasteiger partial charge in [0.05, 0.1) is 5.69 Å². The van der Waals surface area contributed by atoms with Crippen LogP contribution >= 0.6 is 0 Å². The van der Waals surface area contributed by atoms with Crippen molar-refractivity contribution >= 4 is 5.69 Å². The predicted octanol–water partition coefficient (Wildman–Crippen LogP) is 3.98. The SMILES string of the molecule is CC(Oc1ccc(N)c(OC(C)(C)C)n1)c1ccccc1. The molecule has 4 heteroatoms. The summed E-state index contributed by atoms with van der Waals surface area (Å²) in [6.07, 6.45) is -0.0928. The molecule has 1 atom stereocenters. The highest BCUT2D eigenvalue weighted by Gasteiger charge is 2.16. The largest absolute Gasteiger partial charge is 0.470 e. The van der Waals surface area contributed by atoms with Gasteiger partial charge in [-0.25, -0.2) is 0 Å². The van der Waals surface area contributed by atoms with Crippen LogP contribution in [0.2, 0.25) is 0 Å². The first-order valence-corrected chi connectivity index (χ1v) is 7.02. The fourth-order valence-corrected chi connectivity index (χ4v) is 1.84. The van der Waals surface area contributed by atoms with Crippen molar-refractivity contribution in [2.24, 2.45) is 0 Å². The van der Waals surface area contributed by atoms with Crippen LogP contribution in [0.1, 0.15) is 39.4 Å². The third kappa shape index (κ3) is 4.38. The normalized spacial score (nSPS) is 12.8. The molecule has 1 unspecified atom stereocenters. The van der Waals surface area contributed by atoms with Gasteiger partial charge in [-0.1, -0.05) is 30.3 Å². The lowest BCUT2D eigenvalue weighted by molar-refractivity contribution is 0.122. The van der Waals surface area contributed by atoms with Crippen molar-refractivity contribution in [1.29, 1.82) is 0 Å². The van der Waals surface area contributed by atoms with Gasteiger partial charge < -0.3 is 15.2 Å². The summed E-state index contributed by atoms with van der Waals surface area (Å²) in [5.41, 5.74) is 7.14. The molecule has 0 saturated heterocycles. The molecule has 1 aromatic carbocycles. The van der Waals surface area contributed by atoms with Crippen molar-refractivity contribution in [3.8, 4) is 11.8 Å². The van der Waals surface area contributed by atoms with Gasteiger partial charge in [0, 0.05) is 6.07 Å². The van der Waals surface area contributed by atoms with Gasteiger partial charge in [-0.15, -0.1) is 0 Å². The van der Waals surface area contributed by atoms with Crippen LogP contribution < -0.4 is 15.2 Å². The van der Waals surface area contributed by atoms with E-state index in [2.05, 4.69) is 4.98 Å². The van der Waals surface area contributed by atoms with Crippen LogP contribution in [-0.4, -0.2) is 10.6 Å². The molecule has 0 saturated carbocycles. The Labute approximate surface area is 125 Å². The molecule has 0 radical (unpaired) electrons. The number of ether oxygens (including phenoxy) is 2. The lowest BCUT2D eigenvalue weighted by atomic mass is 10.1. The first-order chi connectivity index (χ1) is 9.85. The fraction of sp³-hybridized carbons (Fsp3) is 0.353. The van der Waals surface area contributed by atoms with Crippen LogP contribution in [0.4, 0.5) is 5.69 Å². The van der Waals surface area contributed by atoms with Crippen molar-refractivity contribution in [3.63, 3.8) is 0 Å². The number of nitrogen functional groups attached to an aromatic ring is 1. The van der Waals surface area contributed by atoms with E-state index in [4.69, 9.17) is 15.2 Å². The maximum absolute atomic E-state index is 5.90. The molecule has 2 rings (SSSR count). The lowest BCUT2D eigenvalue weighted by Crippen LogP contribution is -2.24. The number of hydrogen-bond acceptors (Lipinski definition) is 4. The summed E-state index contributed by atoms with van der Waals surface area (Å²) in [6.45, 7) is 7.84. The molecule has 21 heavy (non-hydrogen) atoms. The van der Waals surface area contributed by atoms with Crippen LogP contribution in [0, 0.1) is 0 Å². The zero-order chi connectivity index (χ0) is 15.5. The van der Waals surface area contributed by atoms with Crippen LogP contribution in [-0.2, 0) is 0 Å². The minimum atomic E-state index is -0.356. The van der Waals surface area contributed by atoms with E-state index in [1.54, 1.807) is 12.1 Å². The van der Waals surface area contributed by atoms with Crippen LogP contribution in [0.5, 0.6) is 11.8 Å². The predicted molar refractivity (Wildman–Crippen MR) is 84.5 cm³/mol. The van der Waals surface area contributed by atoms with Crippen LogP contribution in [0.15, 0.2) is 42.5 Å². The number of nitrogens with zero attached hydrogens (tertiary/aromatic N) is 1. The zero-order valence-corrected chi connectivity index (χ0v) is 13.0. The molecule has 4 nitrogen and oxygen atoms in total. The van der Waals surface area contributed by atoms with E-state index < -0.39 is 0 Å². The molecule has 2 aromatic rings. The summed E-state index contributed by atoms with van der Waals surface area (Å²) in [7, 11) is 0. The minimum Gasteiger partial charge on any atom is -0.470 e. The smallest absolute Gasteiger partial charge is 0.241 e. The number of anilines is 1. The second-order valence-electron chi connectivity index (χ2n) is 5.93. The highest BCUT2D eigenvalue weighted by atomic mass is 16.5. The molecule has 0 bridgehead atoms. The molecule has 2 N–H and O–H groups in total. The Bertz CT molecular complexity index is 591. The lowest BCUT2D eigenvalue weighted by Gasteiger charge is -2.22. The first kappa shape index (κ1) is 15.2. The topological polar surface area (TPSA) is 57.4 Å². The van der Waals surface area contributed by atoms with E-state index in [-0.39, 0.29) is 11.7 Å². The molecule has 0 aliphatic heterocycles. The third-order valence-electron chi connectivity index (χ3n) is 2.83. The quantitative estimate of drug-likeness (QED) is 0.923. The van der Waals surface area contributed by atoms with E-state index in [9.17, 15) is 0 Å². The van der Waals surface area contributed by atoms with Crippen molar-refractivity contribution in [2.45, 2.75) is 39.4 Å². The summed E-state index contributed by atoms with van der Waals surface area (Å²) in [4.78, 5) is 4.35. The standard InChI is InChI=1S/C17H22N2O2/c1-12(13-8-6-5-7-9-13)20-15-11-10-14(18)16(19-15)21-17(2,3)4/h5-12H,18H2,1-4H3. The molecule has 0 fully saturated rings. The average molecular weight is 286 g/mol. The summed E-state index contributed by atoms with van der Waals surface area (Å²) in [5.74, 6) is 0.903. The van der Waals surface area contributed by atoms with Crippen LogP contribution in [0.3, 0.4) is 0 Å². The van der Waals surface area contributed by atoms with Crippen molar-refractivity contribution in [3.05, 3.63) is 48.0 Å². The Morgan fingerprint density at radius 2 is 1.71 bits per heavy atom. The highest BCUT2D eigenvalue weighted by molar-refractivity contribution is 5.49. The van der Waals surface area contributed by atoms with E-state index >= 15 is 0 Å². The monoisotopic (exact) mass is 286 g/mol. The maximum atomic E-state index is 5.90. The van der Waals surface area contributed by atoms with Gasteiger partial charge in [0.25, 0.3) is 0 Å². The molecule has 0 aliphatic carbocycles. The number of hydrogen-bond donors (Lipinski definition) is 1. The number of rotatable bonds is 4. The Morgan fingerprint density at radius 3 is 2.33 bits per heavy atom. The number of aromatic nitrogens is 1. The summed E-state index contributed by atoms with van der Waals surface area (Å²) >= 11 is 0. The molecule has 1 aromatic heterocycles. The van der Waals surface area contributed by atoms with Gasteiger partial charge >= 0.3 is 0 Å². The molecular weight excluding hydrogens is 264 g/mol. The maximum Gasteiger partial charge on any atom is 0.241 e. The van der Waals surface area contributed by atoms with Crippen LogP contribution in [0.25, 0.3) is 0 Å². The van der Waals surface area contributed by atoms with Gasteiger partial charge in [0.1, 0.15) is 11.7 Å². The second-order valence-corrected chi connectivity index (χ2v) is 5.93. The van der Waals surface area contributed by atoms with Crippen molar-refractivity contribution in [1.82, 2.24) is 4.98 Å². The summed E-state index contributed by atoms with van der Waals surface area (Å²) < 4.78 is 11.6. The van der Waals surface area contributed by atoms with Crippen molar-refractivity contribution in [2.75, 3.05) is 5.73 Å². The molecule has 112 valence electrons. The van der Waals surface area contributed by atoms with Gasteiger partial charge in [0.2, 0.25) is 11.8 Å². The van der Waals surface area contributed by atoms with Gasteiger partial charge in [-0.3, -0.25) is 0 Å². The molecular formula is C17H22N2O2. The first-order valence-electron chi connectivity index (χ1n) is 7.02. The Kier molecular flexibility index (Phi) is 4.36. The molecule has 0 aliphatic rings. The Balaban J connectivity index is 2.16. The van der Waals surface area contributed by atoms with Gasteiger partial charge in [-0.05, 0) is 39.3 Å². The van der Waals surface area contributed by atoms with Gasteiger partial charge in [0.15, 0.2) is 0 Å².